The highest BCUT2D eigenvalue weighted by Gasteiger charge is 2.20. The van der Waals surface area contributed by atoms with Gasteiger partial charge in [-0.3, -0.25) is 4.79 Å². The van der Waals surface area contributed by atoms with Crippen LogP contribution in [0.2, 0.25) is 5.02 Å². The Morgan fingerprint density at radius 3 is 2.79 bits per heavy atom. The monoisotopic (exact) mass is 395 g/mol. The molecule has 2 aromatic carbocycles. The fraction of sp³-hybridized carbons (Fsp3) is 0.0556. The maximum Gasteiger partial charge on any atom is 0.260 e. The van der Waals surface area contributed by atoms with Crippen molar-refractivity contribution in [1.82, 2.24) is 25.3 Å². The molecule has 0 saturated carbocycles. The maximum absolute atomic E-state index is 12.4. The smallest absolute Gasteiger partial charge is 0.260 e. The SMILES string of the molecule is Nc1nonc1-c1nc2ccccc2n1CC(=O)NN=Cc1ccccc1Cl. The van der Waals surface area contributed by atoms with Gasteiger partial charge in [-0.15, -0.1) is 0 Å². The van der Waals surface area contributed by atoms with Crippen molar-refractivity contribution < 1.29 is 9.42 Å². The minimum absolute atomic E-state index is 0.0536. The van der Waals surface area contributed by atoms with Crippen LogP contribution in [0.3, 0.4) is 0 Å². The van der Waals surface area contributed by atoms with Gasteiger partial charge in [-0.05, 0) is 28.5 Å². The number of hydrogen-bond acceptors (Lipinski definition) is 7. The molecule has 28 heavy (non-hydrogen) atoms. The minimum atomic E-state index is -0.359. The quantitative estimate of drug-likeness (QED) is 0.395. The number of nitrogens with zero attached hydrogens (tertiary/aromatic N) is 5. The lowest BCUT2D eigenvalue weighted by atomic mass is 10.2. The van der Waals surface area contributed by atoms with E-state index >= 15 is 0 Å². The van der Waals surface area contributed by atoms with Crippen LogP contribution in [0.4, 0.5) is 5.82 Å². The maximum atomic E-state index is 12.4. The number of aromatic nitrogens is 4. The predicted octanol–water partition coefficient (Wildman–Crippen LogP) is 2.47. The second-order valence-electron chi connectivity index (χ2n) is 5.82. The molecule has 0 atom stereocenters. The number of nitrogens with two attached hydrogens (primary N) is 1. The normalized spacial score (nSPS) is 11.3. The number of anilines is 1. The summed E-state index contributed by atoms with van der Waals surface area (Å²) >= 11 is 6.06. The van der Waals surface area contributed by atoms with Crippen molar-refractivity contribution in [2.45, 2.75) is 6.54 Å². The highest BCUT2D eigenvalue weighted by Crippen LogP contribution is 2.26. The van der Waals surface area contributed by atoms with Crippen molar-refractivity contribution in [3.63, 3.8) is 0 Å². The number of hydrazone groups is 1. The number of amides is 1. The van der Waals surface area contributed by atoms with E-state index in [2.05, 4.69) is 30.5 Å². The van der Waals surface area contributed by atoms with Gasteiger partial charge in [0, 0.05) is 10.6 Å². The number of carbonyl (C=O) groups excluding carboxylic acids is 1. The topological polar surface area (TPSA) is 124 Å². The number of imidazole rings is 1. The Labute approximate surface area is 163 Å². The van der Waals surface area contributed by atoms with Crippen LogP contribution in [-0.2, 0) is 11.3 Å². The number of nitrogens with one attached hydrogen (secondary N) is 1. The minimum Gasteiger partial charge on any atom is -0.379 e. The number of hydrogen-bond donors (Lipinski definition) is 2. The van der Waals surface area contributed by atoms with Crippen molar-refractivity contribution in [2.24, 2.45) is 5.10 Å². The van der Waals surface area contributed by atoms with Crippen molar-refractivity contribution in [2.75, 3.05) is 5.73 Å². The van der Waals surface area contributed by atoms with Gasteiger partial charge in [-0.2, -0.15) is 5.10 Å². The van der Waals surface area contributed by atoms with E-state index in [0.717, 1.165) is 5.52 Å². The summed E-state index contributed by atoms with van der Waals surface area (Å²) in [6, 6.07) is 14.5. The zero-order chi connectivity index (χ0) is 19.5. The first-order chi connectivity index (χ1) is 13.6. The molecule has 140 valence electrons. The Hall–Kier alpha value is -3.72. The average molecular weight is 396 g/mol. The predicted molar refractivity (Wildman–Crippen MR) is 105 cm³/mol. The molecule has 10 heteroatoms. The highest BCUT2D eigenvalue weighted by molar-refractivity contribution is 6.33. The number of nitrogen functional groups attached to an aromatic ring is 1. The molecule has 0 spiro atoms. The summed E-state index contributed by atoms with van der Waals surface area (Å²) in [5.41, 5.74) is 10.7. The van der Waals surface area contributed by atoms with Crippen molar-refractivity contribution in [3.05, 3.63) is 59.1 Å². The van der Waals surface area contributed by atoms with Gasteiger partial charge in [0.15, 0.2) is 17.3 Å². The number of para-hydroxylation sites is 2. The lowest BCUT2D eigenvalue weighted by Gasteiger charge is -2.06. The van der Waals surface area contributed by atoms with Crippen LogP contribution in [0.25, 0.3) is 22.6 Å². The third-order valence-corrected chi connectivity index (χ3v) is 4.32. The van der Waals surface area contributed by atoms with Gasteiger partial charge in [-0.25, -0.2) is 15.0 Å². The fourth-order valence-electron chi connectivity index (χ4n) is 2.70. The Kier molecular flexibility index (Phi) is 4.73. The number of rotatable bonds is 5. The van der Waals surface area contributed by atoms with Crippen molar-refractivity contribution >= 4 is 40.6 Å². The number of carbonyl (C=O) groups is 1. The number of benzene rings is 2. The van der Waals surface area contributed by atoms with Gasteiger partial charge in [-0.1, -0.05) is 41.9 Å². The number of fused-ring (bicyclic) bond motifs is 1. The van der Waals surface area contributed by atoms with Crippen LogP contribution in [0, 0.1) is 0 Å². The second kappa shape index (κ2) is 7.49. The van der Waals surface area contributed by atoms with Gasteiger partial charge in [0.05, 0.1) is 17.2 Å². The molecule has 4 aromatic rings. The van der Waals surface area contributed by atoms with Crippen LogP contribution >= 0.6 is 11.6 Å². The van der Waals surface area contributed by atoms with Gasteiger partial charge in [0.1, 0.15) is 6.54 Å². The zero-order valence-electron chi connectivity index (χ0n) is 14.4. The summed E-state index contributed by atoms with van der Waals surface area (Å²) < 4.78 is 6.34. The molecule has 0 aliphatic rings. The first-order valence-corrected chi connectivity index (χ1v) is 8.61. The lowest BCUT2D eigenvalue weighted by Crippen LogP contribution is -2.23. The van der Waals surface area contributed by atoms with Crippen LogP contribution in [0.1, 0.15) is 5.56 Å². The van der Waals surface area contributed by atoms with Gasteiger partial charge in [0.25, 0.3) is 5.91 Å². The Bertz CT molecular complexity index is 1180. The first kappa shape index (κ1) is 17.7. The summed E-state index contributed by atoms with van der Waals surface area (Å²) in [7, 11) is 0. The Morgan fingerprint density at radius 1 is 1.21 bits per heavy atom. The van der Waals surface area contributed by atoms with E-state index < -0.39 is 0 Å². The van der Waals surface area contributed by atoms with Crippen LogP contribution < -0.4 is 11.2 Å². The third kappa shape index (κ3) is 3.42. The van der Waals surface area contributed by atoms with Gasteiger partial charge < -0.3 is 10.3 Å². The molecule has 0 fully saturated rings. The van der Waals surface area contributed by atoms with E-state index in [9.17, 15) is 4.79 Å². The molecule has 0 unspecified atom stereocenters. The molecule has 0 aliphatic carbocycles. The molecule has 1 amide bonds. The highest BCUT2D eigenvalue weighted by atomic mass is 35.5. The summed E-state index contributed by atoms with van der Waals surface area (Å²) in [4.78, 5) is 16.9. The van der Waals surface area contributed by atoms with Crippen LogP contribution in [0.5, 0.6) is 0 Å². The second-order valence-corrected chi connectivity index (χ2v) is 6.23. The molecule has 2 aromatic heterocycles. The lowest BCUT2D eigenvalue weighted by molar-refractivity contribution is -0.121. The Balaban J connectivity index is 1.60. The molecular weight excluding hydrogens is 382 g/mol. The fourth-order valence-corrected chi connectivity index (χ4v) is 2.88. The van der Waals surface area contributed by atoms with E-state index in [1.165, 1.54) is 6.21 Å². The molecule has 3 N–H and O–H groups in total. The average Bonchev–Trinajstić information content (AvgIpc) is 3.27. The first-order valence-electron chi connectivity index (χ1n) is 8.23. The number of halogens is 1. The summed E-state index contributed by atoms with van der Waals surface area (Å²) in [6.45, 7) is -0.0536. The standard InChI is InChI=1S/C18H14ClN7O2/c19-12-6-2-1-5-11(12)9-21-23-15(27)10-26-14-8-4-3-7-13(14)22-18(26)16-17(20)25-28-24-16/h1-9H,10H2,(H2,20,25)(H,23,27). The molecule has 0 radical (unpaired) electrons. The van der Waals surface area contributed by atoms with Crippen LogP contribution in [-0.4, -0.2) is 32.0 Å². The summed E-state index contributed by atoms with van der Waals surface area (Å²) in [6.07, 6.45) is 1.48. The van der Waals surface area contributed by atoms with Crippen molar-refractivity contribution in [3.8, 4) is 11.5 Å². The largest absolute Gasteiger partial charge is 0.379 e. The summed E-state index contributed by atoms with van der Waals surface area (Å²) in [5, 5.41) is 11.9. The molecule has 0 aliphatic heterocycles. The molecular formula is C18H14ClN7O2. The van der Waals surface area contributed by atoms with E-state index in [4.69, 9.17) is 17.3 Å². The van der Waals surface area contributed by atoms with Gasteiger partial charge in [0.2, 0.25) is 0 Å². The molecule has 0 bridgehead atoms. The molecule has 0 saturated heterocycles. The van der Waals surface area contributed by atoms with Crippen molar-refractivity contribution in [1.29, 1.82) is 0 Å². The van der Waals surface area contributed by atoms with Crippen LogP contribution in [0.15, 0.2) is 58.3 Å². The molecule has 4 rings (SSSR count). The van der Waals surface area contributed by atoms with E-state index in [1.807, 2.05) is 36.4 Å². The third-order valence-electron chi connectivity index (χ3n) is 3.98. The zero-order valence-corrected chi connectivity index (χ0v) is 15.2. The van der Waals surface area contributed by atoms with E-state index in [0.29, 0.717) is 21.9 Å². The van der Waals surface area contributed by atoms with E-state index in [-0.39, 0.29) is 24.0 Å². The Morgan fingerprint density at radius 2 is 2.00 bits per heavy atom. The van der Waals surface area contributed by atoms with E-state index in [1.54, 1.807) is 16.7 Å². The summed E-state index contributed by atoms with van der Waals surface area (Å²) in [5.74, 6) is 0.113. The molecule has 9 nitrogen and oxygen atoms in total. The molecule has 2 heterocycles. The van der Waals surface area contributed by atoms with Gasteiger partial charge >= 0.3 is 0 Å².